The molecular formula is C27H32N2O3. The lowest BCUT2D eigenvalue weighted by Gasteiger charge is -2.21. The largest absolute Gasteiger partial charge is 0.489 e. The number of fused-ring (bicyclic) bond motifs is 1. The maximum Gasteiger partial charge on any atom is 0.304 e. The number of allylic oxidation sites excluding steroid dienone is 2. The number of carbonyl (C=O) groups is 1. The second kappa shape index (κ2) is 10.5. The van der Waals surface area contributed by atoms with Crippen LogP contribution in [0.5, 0.6) is 5.75 Å². The van der Waals surface area contributed by atoms with Crippen LogP contribution in [-0.4, -0.2) is 20.9 Å². The Morgan fingerprint density at radius 2 is 1.97 bits per heavy atom. The topological polar surface area (TPSA) is 64.3 Å². The third-order valence-electron chi connectivity index (χ3n) is 6.40. The van der Waals surface area contributed by atoms with E-state index < -0.39 is 5.97 Å². The molecule has 3 aromatic rings. The molecule has 0 radical (unpaired) electrons. The van der Waals surface area contributed by atoms with E-state index in [4.69, 9.17) is 9.84 Å². The Hall–Kier alpha value is -3.08. The predicted molar refractivity (Wildman–Crippen MR) is 127 cm³/mol. The standard InChI is InChI=1S/C27H32N2O3/c1-2-6-23(16-27(30)31)22-10-12-25(13-11-22)32-19-21-9-14-26-24(15-21)17-28-29(26)18-20-7-4-3-5-8-20/h2,6,9-15,17,20,23H,3-5,7-8,16,18-19H2,1H3,(H,30,31)/t23-/m1/s1. The smallest absolute Gasteiger partial charge is 0.304 e. The van der Waals surface area contributed by atoms with Crippen molar-refractivity contribution < 1.29 is 14.6 Å². The van der Waals surface area contributed by atoms with Gasteiger partial charge in [-0.25, -0.2) is 0 Å². The maximum absolute atomic E-state index is 11.1. The molecule has 1 N–H and O–H groups in total. The number of aliphatic carboxylic acids is 1. The monoisotopic (exact) mass is 432 g/mol. The number of hydrogen-bond donors (Lipinski definition) is 1. The minimum atomic E-state index is -0.800. The van der Waals surface area contributed by atoms with Crippen LogP contribution in [0.15, 0.2) is 60.8 Å². The van der Waals surface area contributed by atoms with E-state index in [9.17, 15) is 4.79 Å². The first kappa shape index (κ1) is 22.1. The van der Waals surface area contributed by atoms with Crippen molar-refractivity contribution in [2.45, 2.75) is 64.5 Å². The van der Waals surface area contributed by atoms with Gasteiger partial charge in [0.15, 0.2) is 0 Å². The van der Waals surface area contributed by atoms with Crippen LogP contribution in [0.3, 0.4) is 0 Å². The average Bonchev–Trinajstić information content (AvgIpc) is 3.20. The SMILES string of the molecule is CC=C[C@H](CC(=O)O)c1ccc(OCc2ccc3c(cnn3CC3CCCCC3)c2)cc1. The van der Waals surface area contributed by atoms with Gasteiger partial charge in [0.25, 0.3) is 0 Å². The van der Waals surface area contributed by atoms with Crippen LogP contribution in [0.1, 0.15) is 62.5 Å². The molecule has 0 aliphatic heterocycles. The fourth-order valence-corrected chi connectivity index (χ4v) is 4.68. The Morgan fingerprint density at radius 1 is 1.19 bits per heavy atom. The Labute approximate surface area is 189 Å². The highest BCUT2D eigenvalue weighted by molar-refractivity contribution is 5.79. The van der Waals surface area contributed by atoms with E-state index in [-0.39, 0.29) is 12.3 Å². The molecule has 1 heterocycles. The Kier molecular flexibility index (Phi) is 7.25. The van der Waals surface area contributed by atoms with Gasteiger partial charge in [-0.15, -0.1) is 0 Å². The predicted octanol–water partition coefficient (Wildman–Crippen LogP) is 6.33. The Balaban J connectivity index is 1.38. The zero-order valence-electron chi connectivity index (χ0n) is 18.7. The van der Waals surface area contributed by atoms with E-state index in [0.717, 1.165) is 34.7 Å². The number of benzene rings is 2. The van der Waals surface area contributed by atoms with Crippen LogP contribution in [0.4, 0.5) is 0 Å². The summed E-state index contributed by atoms with van der Waals surface area (Å²) in [6, 6.07) is 14.1. The maximum atomic E-state index is 11.1. The zero-order chi connectivity index (χ0) is 22.3. The fourth-order valence-electron chi connectivity index (χ4n) is 4.68. The van der Waals surface area contributed by atoms with Crippen LogP contribution in [0.25, 0.3) is 10.9 Å². The average molecular weight is 433 g/mol. The summed E-state index contributed by atoms with van der Waals surface area (Å²) < 4.78 is 8.14. The highest BCUT2D eigenvalue weighted by Gasteiger charge is 2.16. The number of aromatic nitrogens is 2. The molecule has 1 fully saturated rings. The van der Waals surface area contributed by atoms with Crippen molar-refractivity contribution in [2.75, 3.05) is 0 Å². The van der Waals surface area contributed by atoms with Crippen LogP contribution in [0, 0.1) is 5.92 Å². The quantitative estimate of drug-likeness (QED) is 0.401. The molecule has 1 aliphatic rings. The van der Waals surface area contributed by atoms with Crippen molar-refractivity contribution >= 4 is 16.9 Å². The summed E-state index contributed by atoms with van der Waals surface area (Å²) in [5, 5.41) is 14.9. The molecule has 2 aromatic carbocycles. The minimum Gasteiger partial charge on any atom is -0.489 e. The van der Waals surface area contributed by atoms with Gasteiger partial charge in [0.2, 0.25) is 0 Å². The van der Waals surface area contributed by atoms with Crippen LogP contribution in [-0.2, 0) is 17.9 Å². The molecule has 1 aliphatic carbocycles. The van der Waals surface area contributed by atoms with Crippen molar-refractivity contribution in [3.05, 3.63) is 71.9 Å². The summed E-state index contributed by atoms with van der Waals surface area (Å²) in [7, 11) is 0. The van der Waals surface area contributed by atoms with E-state index in [1.54, 1.807) is 0 Å². The lowest BCUT2D eigenvalue weighted by atomic mass is 9.89. The molecule has 5 heteroatoms. The first-order valence-corrected chi connectivity index (χ1v) is 11.6. The third kappa shape index (κ3) is 5.58. The molecule has 0 saturated heterocycles. The van der Waals surface area contributed by atoms with Gasteiger partial charge in [-0.3, -0.25) is 9.48 Å². The van der Waals surface area contributed by atoms with Crippen LogP contribution < -0.4 is 4.74 Å². The molecule has 5 nitrogen and oxygen atoms in total. The van der Waals surface area contributed by atoms with E-state index in [2.05, 4.69) is 28.0 Å². The van der Waals surface area contributed by atoms with Crippen LogP contribution in [0.2, 0.25) is 0 Å². The number of rotatable bonds is 9. The number of ether oxygens (including phenoxy) is 1. The zero-order valence-corrected chi connectivity index (χ0v) is 18.7. The fraction of sp³-hybridized carbons (Fsp3) is 0.407. The van der Waals surface area contributed by atoms with Gasteiger partial charge >= 0.3 is 5.97 Å². The summed E-state index contributed by atoms with van der Waals surface area (Å²) in [5.74, 6) is 0.599. The second-order valence-corrected chi connectivity index (χ2v) is 8.81. The van der Waals surface area contributed by atoms with Gasteiger partial charge in [0.1, 0.15) is 12.4 Å². The summed E-state index contributed by atoms with van der Waals surface area (Å²) in [6.07, 6.45) is 12.6. The molecule has 0 bridgehead atoms. The van der Waals surface area contributed by atoms with Crippen molar-refractivity contribution in [2.24, 2.45) is 5.92 Å². The second-order valence-electron chi connectivity index (χ2n) is 8.81. The summed E-state index contributed by atoms with van der Waals surface area (Å²) in [5.41, 5.74) is 3.28. The lowest BCUT2D eigenvalue weighted by molar-refractivity contribution is -0.137. The van der Waals surface area contributed by atoms with E-state index in [1.807, 2.05) is 49.5 Å². The molecule has 32 heavy (non-hydrogen) atoms. The van der Waals surface area contributed by atoms with Gasteiger partial charge in [-0.05, 0) is 61.1 Å². The van der Waals surface area contributed by atoms with E-state index >= 15 is 0 Å². The third-order valence-corrected chi connectivity index (χ3v) is 6.40. The Morgan fingerprint density at radius 3 is 2.69 bits per heavy atom. The molecule has 4 rings (SSSR count). The minimum absolute atomic E-state index is 0.0823. The van der Waals surface area contributed by atoms with Gasteiger partial charge in [-0.2, -0.15) is 5.10 Å². The van der Waals surface area contributed by atoms with Crippen molar-refractivity contribution in [3.63, 3.8) is 0 Å². The van der Waals surface area contributed by atoms with Gasteiger partial charge in [0.05, 0.1) is 18.1 Å². The molecule has 0 unspecified atom stereocenters. The normalized spacial score (nSPS) is 15.9. The molecule has 1 aromatic heterocycles. The first-order valence-electron chi connectivity index (χ1n) is 11.6. The van der Waals surface area contributed by atoms with Gasteiger partial charge in [0, 0.05) is 17.8 Å². The molecular weight excluding hydrogens is 400 g/mol. The van der Waals surface area contributed by atoms with Crippen molar-refractivity contribution in [1.82, 2.24) is 9.78 Å². The van der Waals surface area contributed by atoms with Crippen molar-refractivity contribution in [3.8, 4) is 5.75 Å². The summed E-state index contributed by atoms with van der Waals surface area (Å²) in [4.78, 5) is 11.1. The Bertz CT molecular complexity index is 1060. The van der Waals surface area contributed by atoms with Crippen LogP contribution >= 0.6 is 0 Å². The summed E-state index contributed by atoms with van der Waals surface area (Å²) in [6.45, 7) is 3.40. The lowest BCUT2D eigenvalue weighted by Crippen LogP contribution is -2.14. The van der Waals surface area contributed by atoms with E-state index in [0.29, 0.717) is 6.61 Å². The first-order chi connectivity index (χ1) is 15.6. The number of hydrogen-bond acceptors (Lipinski definition) is 3. The number of nitrogens with zero attached hydrogens (tertiary/aromatic N) is 2. The van der Waals surface area contributed by atoms with Crippen molar-refractivity contribution in [1.29, 1.82) is 0 Å². The molecule has 0 amide bonds. The molecule has 168 valence electrons. The number of carboxylic acids is 1. The molecule has 1 atom stereocenters. The van der Waals surface area contributed by atoms with Gasteiger partial charge in [-0.1, -0.05) is 49.6 Å². The highest BCUT2D eigenvalue weighted by atomic mass is 16.5. The van der Waals surface area contributed by atoms with E-state index in [1.165, 1.54) is 37.6 Å². The summed E-state index contributed by atoms with van der Waals surface area (Å²) >= 11 is 0. The highest BCUT2D eigenvalue weighted by Crippen LogP contribution is 2.27. The number of carboxylic acid groups (broad SMARTS) is 1. The molecule has 1 saturated carbocycles. The molecule has 0 spiro atoms. The van der Waals surface area contributed by atoms with Gasteiger partial charge < -0.3 is 9.84 Å².